The van der Waals surface area contributed by atoms with Crippen LogP contribution in [0.2, 0.25) is 10.0 Å². The van der Waals surface area contributed by atoms with Gasteiger partial charge >= 0.3 is 0 Å². The lowest BCUT2D eigenvalue weighted by Crippen LogP contribution is -2.03. The number of nitrogens with two attached hydrogens (primary N) is 1. The van der Waals surface area contributed by atoms with Gasteiger partial charge in [-0.15, -0.1) is 0 Å². The SMILES string of the molecule is NCc1cc(Br)ccc1OCc1ccc(Cl)cc1Cl. The van der Waals surface area contributed by atoms with Crippen LogP contribution >= 0.6 is 39.1 Å². The number of halogens is 3. The van der Waals surface area contributed by atoms with E-state index in [1.54, 1.807) is 12.1 Å². The molecular weight excluding hydrogens is 349 g/mol. The second-order valence-electron chi connectivity index (χ2n) is 3.98. The maximum absolute atomic E-state index is 6.10. The molecule has 0 aliphatic carbocycles. The Morgan fingerprint density at radius 2 is 1.84 bits per heavy atom. The third kappa shape index (κ3) is 3.86. The highest BCUT2D eigenvalue weighted by Gasteiger charge is 2.06. The molecule has 0 aromatic heterocycles. The van der Waals surface area contributed by atoms with Crippen LogP contribution < -0.4 is 10.5 Å². The van der Waals surface area contributed by atoms with Crippen molar-refractivity contribution in [3.8, 4) is 5.75 Å². The fourth-order valence-corrected chi connectivity index (χ4v) is 2.51. The molecule has 5 heteroatoms. The molecule has 0 aliphatic heterocycles. The Morgan fingerprint density at radius 3 is 2.53 bits per heavy atom. The molecule has 2 N–H and O–H groups in total. The first-order chi connectivity index (χ1) is 9.10. The lowest BCUT2D eigenvalue weighted by Gasteiger charge is -2.12. The van der Waals surface area contributed by atoms with E-state index in [0.29, 0.717) is 23.2 Å². The van der Waals surface area contributed by atoms with Gasteiger partial charge in [0.2, 0.25) is 0 Å². The maximum Gasteiger partial charge on any atom is 0.124 e. The van der Waals surface area contributed by atoms with E-state index in [-0.39, 0.29) is 0 Å². The van der Waals surface area contributed by atoms with Crippen LogP contribution in [0.25, 0.3) is 0 Å². The minimum absolute atomic E-state index is 0.380. The Hall–Kier alpha value is -0.740. The fraction of sp³-hybridized carbons (Fsp3) is 0.143. The summed E-state index contributed by atoms with van der Waals surface area (Å²) in [5.41, 5.74) is 7.52. The van der Waals surface area contributed by atoms with Crippen LogP contribution in [0.4, 0.5) is 0 Å². The third-order valence-electron chi connectivity index (χ3n) is 2.64. The molecule has 0 amide bonds. The van der Waals surface area contributed by atoms with Crippen molar-refractivity contribution < 1.29 is 4.74 Å². The molecule has 0 aliphatic rings. The zero-order valence-corrected chi connectivity index (χ0v) is 13.1. The molecule has 0 fully saturated rings. The summed E-state index contributed by atoms with van der Waals surface area (Å²) in [6.07, 6.45) is 0. The molecule has 0 bridgehead atoms. The number of hydrogen-bond donors (Lipinski definition) is 1. The Balaban J connectivity index is 2.14. The summed E-state index contributed by atoms with van der Waals surface area (Å²) in [5, 5.41) is 1.21. The van der Waals surface area contributed by atoms with E-state index in [9.17, 15) is 0 Å². The van der Waals surface area contributed by atoms with E-state index < -0.39 is 0 Å². The van der Waals surface area contributed by atoms with Gasteiger partial charge in [0.25, 0.3) is 0 Å². The minimum Gasteiger partial charge on any atom is -0.489 e. The molecule has 19 heavy (non-hydrogen) atoms. The van der Waals surface area contributed by atoms with Gasteiger partial charge in [0.05, 0.1) is 0 Å². The van der Waals surface area contributed by atoms with Crippen LogP contribution in [-0.4, -0.2) is 0 Å². The predicted molar refractivity (Wildman–Crippen MR) is 82.8 cm³/mol. The summed E-state index contributed by atoms with van der Waals surface area (Å²) >= 11 is 15.4. The van der Waals surface area contributed by atoms with Crippen molar-refractivity contribution in [2.75, 3.05) is 0 Å². The van der Waals surface area contributed by atoms with Crippen LogP contribution in [-0.2, 0) is 13.2 Å². The smallest absolute Gasteiger partial charge is 0.124 e. The van der Waals surface area contributed by atoms with Crippen LogP contribution in [0.15, 0.2) is 40.9 Å². The van der Waals surface area contributed by atoms with Crippen molar-refractivity contribution in [1.29, 1.82) is 0 Å². The van der Waals surface area contributed by atoms with Crippen LogP contribution in [0.3, 0.4) is 0 Å². The fourth-order valence-electron chi connectivity index (χ4n) is 1.64. The molecule has 2 nitrogen and oxygen atoms in total. The van der Waals surface area contributed by atoms with Crippen LogP contribution in [0, 0.1) is 0 Å². The third-order valence-corrected chi connectivity index (χ3v) is 3.72. The molecule has 0 saturated carbocycles. The zero-order valence-electron chi connectivity index (χ0n) is 10.00. The Morgan fingerprint density at radius 1 is 1.05 bits per heavy atom. The second kappa shape index (κ2) is 6.62. The average Bonchev–Trinajstić information content (AvgIpc) is 2.39. The summed E-state index contributed by atoms with van der Waals surface area (Å²) in [4.78, 5) is 0. The molecule has 0 heterocycles. The largest absolute Gasteiger partial charge is 0.489 e. The molecule has 0 unspecified atom stereocenters. The number of rotatable bonds is 4. The van der Waals surface area contributed by atoms with Crippen LogP contribution in [0.5, 0.6) is 5.75 Å². The van der Waals surface area contributed by atoms with Gasteiger partial charge in [-0.25, -0.2) is 0 Å². The van der Waals surface area contributed by atoms with Crippen molar-refractivity contribution in [2.45, 2.75) is 13.2 Å². The van der Waals surface area contributed by atoms with Crippen molar-refractivity contribution >= 4 is 39.1 Å². The first-order valence-electron chi connectivity index (χ1n) is 5.65. The summed E-state index contributed by atoms with van der Waals surface area (Å²) in [7, 11) is 0. The highest BCUT2D eigenvalue weighted by atomic mass is 79.9. The molecule has 0 saturated heterocycles. The second-order valence-corrected chi connectivity index (χ2v) is 5.74. The summed E-state index contributed by atoms with van der Waals surface area (Å²) < 4.78 is 6.74. The molecule has 2 aromatic carbocycles. The Labute approximate surface area is 130 Å². The summed E-state index contributed by atoms with van der Waals surface area (Å²) in [6.45, 7) is 0.799. The quantitative estimate of drug-likeness (QED) is 0.850. The standard InChI is InChI=1S/C14H12BrCl2NO/c15-11-2-4-14(10(5-11)7-18)19-8-9-1-3-12(16)6-13(9)17/h1-6H,7-8,18H2. The van der Waals surface area contributed by atoms with Crippen molar-refractivity contribution in [1.82, 2.24) is 0 Å². The first-order valence-corrected chi connectivity index (χ1v) is 7.20. The molecule has 2 aromatic rings. The van der Waals surface area contributed by atoms with Gasteiger partial charge in [-0.3, -0.25) is 0 Å². The van der Waals surface area contributed by atoms with E-state index >= 15 is 0 Å². The van der Waals surface area contributed by atoms with Crippen LogP contribution in [0.1, 0.15) is 11.1 Å². The van der Waals surface area contributed by atoms with Crippen molar-refractivity contribution in [3.05, 3.63) is 62.0 Å². The van der Waals surface area contributed by atoms with Crippen molar-refractivity contribution in [2.24, 2.45) is 5.73 Å². The van der Waals surface area contributed by atoms with E-state index in [1.807, 2.05) is 24.3 Å². The highest BCUT2D eigenvalue weighted by molar-refractivity contribution is 9.10. The average molecular weight is 361 g/mol. The zero-order chi connectivity index (χ0) is 13.8. The molecule has 2 rings (SSSR count). The first kappa shape index (κ1) is 14.7. The van der Waals surface area contributed by atoms with Gasteiger partial charge in [-0.2, -0.15) is 0 Å². The summed E-state index contributed by atoms with van der Waals surface area (Å²) in [5.74, 6) is 0.761. The van der Waals surface area contributed by atoms with E-state index in [0.717, 1.165) is 21.3 Å². The summed E-state index contributed by atoms with van der Waals surface area (Å²) in [6, 6.07) is 11.1. The molecule has 100 valence electrons. The van der Waals surface area contributed by atoms with Crippen molar-refractivity contribution in [3.63, 3.8) is 0 Å². The van der Waals surface area contributed by atoms with Gasteiger partial charge in [0.1, 0.15) is 12.4 Å². The lowest BCUT2D eigenvalue weighted by molar-refractivity contribution is 0.303. The topological polar surface area (TPSA) is 35.2 Å². The van der Waals surface area contributed by atoms with Gasteiger partial charge in [0, 0.05) is 32.2 Å². The molecule has 0 atom stereocenters. The Kier molecular flexibility index (Phi) is 5.11. The normalized spacial score (nSPS) is 10.5. The van der Waals surface area contributed by atoms with Gasteiger partial charge < -0.3 is 10.5 Å². The van der Waals surface area contributed by atoms with E-state index in [4.69, 9.17) is 33.7 Å². The lowest BCUT2D eigenvalue weighted by atomic mass is 10.2. The predicted octanol–water partition coefficient (Wildman–Crippen LogP) is 4.79. The Bertz CT molecular complexity index is 590. The molecule has 0 spiro atoms. The molecular formula is C14H12BrCl2NO. The number of hydrogen-bond acceptors (Lipinski definition) is 2. The van der Waals surface area contributed by atoms with Gasteiger partial charge in [0.15, 0.2) is 0 Å². The van der Waals surface area contributed by atoms with Gasteiger partial charge in [-0.1, -0.05) is 45.2 Å². The number of ether oxygens (including phenoxy) is 1. The number of benzene rings is 2. The van der Waals surface area contributed by atoms with Gasteiger partial charge in [-0.05, 0) is 30.3 Å². The van der Waals surface area contributed by atoms with E-state index in [1.165, 1.54) is 0 Å². The highest BCUT2D eigenvalue weighted by Crippen LogP contribution is 2.26. The minimum atomic E-state index is 0.380. The molecule has 0 radical (unpaired) electrons. The maximum atomic E-state index is 6.10. The monoisotopic (exact) mass is 359 g/mol. The van der Waals surface area contributed by atoms with E-state index in [2.05, 4.69) is 15.9 Å².